The van der Waals surface area contributed by atoms with E-state index in [2.05, 4.69) is 6.07 Å². The number of carbonyl (C=O) groups excluding carboxylic acids is 1. The summed E-state index contributed by atoms with van der Waals surface area (Å²) in [6.45, 7) is 0. The molecule has 1 amide bonds. The zero-order valence-corrected chi connectivity index (χ0v) is 14.9. The second kappa shape index (κ2) is 6.32. The number of hydrogen-bond donors (Lipinski definition) is 0. The number of thioether (sulfide) groups is 1. The fourth-order valence-electron chi connectivity index (χ4n) is 2.97. The maximum absolute atomic E-state index is 12.5. The van der Waals surface area contributed by atoms with E-state index in [1.54, 1.807) is 17.8 Å². The zero-order valence-electron chi connectivity index (χ0n) is 12.6. The average molecular weight is 374 g/mol. The molecule has 24 heavy (non-hydrogen) atoms. The van der Waals surface area contributed by atoms with Gasteiger partial charge in [0.2, 0.25) is 5.91 Å². The highest BCUT2D eigenvalue weighted by Crippen LogP contribution is 2.45. The average Bonchev–Trinajstić information content (AvgIpc) is 2.98. The van der Waals surface area contributed by atoms with Gasteiger partial charge in [0.15, 0.2) is 0 Å². The molecule has 1 fully saturated rings. The molecule has 1 heterocycles. The summed E-state index contributed by atoms with van der Waals surface area (Å²) in [5, 5.41) is 3.11. The standard InChI is InChI=1S/C19H13Cl2NOS/c20-16-7-3-6-15(18(16)21)19-22(17(23)11-24-19)14-9-8-12-4-1-2-5-13(12)10-14/h1-10,19H,11H2. The molecule has 0 bridgehead atoms. The van der Waals surface area contributed by atoms with Crippen molar-refractivity contribution in [2.24, 2.45) is 0 Å². The molecule has 0 spiro atoms. The van der Waals surface area contributed by atoms with E-state index in [1.165, 1.54) is 0 Å². The van der Waals surface area contributed by atoms with E-state index in [0.717, 1.165) is 22.0 Å². The number of benzene rings is 3. The molecule has 1 aliphatic heterocycles. The third-order valence-electron chi connectivity index (χ3n) is 4.13. The minimum absolute atomic E-state index is 0.0799. The highest BCUT2D eigenvalue weighted by Gasteiger charge is 2.35. The summed E-state index contributed by atoms with van der Waals surface area (Å²) in [5.41, 5.74) is 1.75. The van der Waals surface area contributed by atoms with Crippen molar-refractivity contribution in [3.8, 4) is 0 Å². The number of rotatable bonds is 2. The first-order valence-electron chi connectivity index (χ1n) is 7.51. The molecule has 0 aliphatic carbocycles. The lowest BCUT2D eigenvalue weighted by Gasteiger charge is -2.25. The Morgan fingerprint density at radius 2 is 1.75 bits per heavy atom. The molecule has 0 N–H and O–H groups in total. The van der Waals surface area contributed by atoms with Crippen LogP contribution in [-0.2, 0) is 4.79 Å². The third kappa shape index (κ3) is 2.67. The van der Waals surface area contributed by atoms with Crippen molar-refractivity contribution in [1.82, 2.24) is 0 Å². The minimum atomic E-state index is -0.162. The van der Waals surface area contributed by atoms with Gasteiger partial charge in [0.1, 0.15) is 5.37 Å². The van der Waals surface area contributed by atoms with E-state index in [1.807, 2.05) is 53.4 Å². The van der Waals surface area contributed by atoms with Gasteiger partial charge >= 0.3 is 0 Å². The quantitative estimate of drug-likeness (QED) is 0.555. The van der Waals surface area contributed by atoms with E-state index in [4.69, 9.17) is 23.2 Å². The molecule has 1 saturated heterocycles. The third-order valence-corrected chi connectivity index (χ3v) is 6.15. The van der Waals surface area contributed by atoms with E-state index in [9.17, 15) is 4.79 Å². The van der Waals surface area contributed by atoms with Gasteiger partial charge < -0.3 is 0 Å². The Balaban J connectivity index is 1.81. The normalized spacial score (nSPS) is 17.7. The molecule has 120 valence electrons. The lowest BCUT2D eigenvalue weighted by molar-refractivity contribution is -0.115. The van der Waals surface area contributed by atoms with Crippen LogP contribution < -0.4 is 4.90 Å². The summed E-state index contributed by atoms with van der Waals surface area (Å²) in [5.74, 6) is 0.511. The monoisotopic (exact) mass is 373 g/mol. The highest BCUT2D eigenvalue weighted by molar-refractivity contribution is 8.00. The highest BCUT2D eigenvalue weighted by atomic mass is 35.5. The van der Waals surface area contributed by atoms with Crippen LogP contribution in [-0.4, -0.2) is 11.7 Å². The Bertz CT molecular complexity index is 944. The fraction of sp³-hybridized carbons (Fsp3) is 0.105. The van der Waals surface area contributed by atoms with Crippen LogP contribution in [0.15, 0.2) is 60.7 Å². The SMILES string of the molecule is O=C1CSC(c2cccc(Cl)c2Cl)N1c1ccc2ccccc2c1. The fourth-order valence-corrected chi connectivity index (χ4v) is 4.65. The van der Waals surface area contributed by atoms with Crippen LogP contribution in [0.4, 0.5) is 5.69 Å². The van der Waals surface area contributed by atoms with E-state index < -0.39 is 0 Å². The van der Waals surface area contributed by atoms with Gasteiger partial charge in [-0.1, -0.05) is 65.7 Å². The molecular formula is C19H13Cl2NOS. The van der Waals surface area contributed by atoms with Crippen LogP contribution in [0.2, 0.25) is 10.0 Å². The molecular weight excluding hydrogens is 361 g/mol. The molecule has 0 aromatic heterocycles. The first-order chi connectivity index (χ1) is 11.6. The predicted molar refractivity (Wildman–Crippen MR) is 103 cm³/mol. The number of halogens is 2. The van der Waals surface area contributed by atoms with Crippen LogP contribution in [0.5, 0.6) is 0 Å². The largest absolute Gasteiger partial charge is 0.295 e. The van der Waals surface area contributed by atoms with Crippen molar-refractivity contribution in [1.29, 1.82) is 0 Å². The van der Waals surface area contributed by atoms with E-state index >= 15 is 0 Å². The molecule has 0 radical (unpaired) electrons. The van der Waals surface area contributed by atoms with Crippen molar-refractivity contribution in [2.75, 3.05) is 10.7 Å². The predicted octanol–water partition coefficient (Wildman–Crippen LogP) is 5.93. The summed E-state index contributed by atoms with van der Waals surface area (Å²) >= 11 is 14.1. The Kier molecular flexibility index (Phi) is 4.17. The molecule has 1 atom stereocenters. The molecule has 4 rings (SSSR count). The van der Waals surface area contributed by atoms with Crippen LogP contribution >= 0.6 is 35.0 Å². The van der Waals surface area contributed by atoms with Gasteiger partial charge in [0, 0.05) is 11.3 Å². The van der Waals surface area contributed by atoms with Gasteiger partial charge in [0.05, 0.1) is 15.8 Å². The summed E-state index contributed by atoms with van der Waals surface area (Å²) in [6.07, 6.45) is 0. The smallest absolute Gasteiger partial charge is 0.238 e. The topological polar surface area (TPSA) is 20.3 Å². The lowest BCUT2D eigenvalue weighted by atomic mass is 10.1. The molecule has 5 heteroatoms. The first-order valence-corrected chi connectivity index (χ1v) is 9.32. The van der Waals surface area contributed by atoms with Gasteiger partial charge in [-0.15, -0.1) is 11.8 Å². The van der Waals surface area contributed by atoms with Crippen molar-refractivity contribution in [2.45, 2.75) is 5.37 Å². The molecule has 3 aromatic carbocycles. The van der Waals surface area contributed by atoms with Crippen molar-refractivity contribution in [3.63, 3.8) is 0 Å². The van der Waals surface area contributed by atoms with Crippen LogP contribution in [0.25, 0.3) is 10.8 Å². The van der Waals surface area contributed by atoms with Crippen molar-refractivity contribution < 1.29 is 4.79 Å². The van der Waals surface area contributed by atoms with Gasteiger partial charge in [-0.25, -0.2) is 0 Å². The molecule has 1 unspecified atom stereocenters. The van der Waals surface area contributed by atoms with Crippen molar-refractivity contribution in [3.05, 3.63) is 76.3 Å². The van der Waals surface area contributed by atoms with Crippen LogP contribution in [0.1, 0.15) is 10.9 Å². The summed E-state index contributed by atoms with van der Waals surface area (Å²) < 4.78 is 0. The van der Waals surface area contributed by atoms with Crippen LogP contribution in [0.3, 0.4) is 0 Å². The van der Waals surface area contributed by atoms with Crippen molar-refractivity contribution >= 4 is 57.3 Å². The van der Waals surface area contributed by atoms with Gasteiger partial charge in [0.25, 0.3) is 0 Å². The van der Waals surface area contributed by atoms with E-state index in [-0.39, 0.29) is 11.3 Å². The van der Waals surface area contributed by atoms with Gasteiger partial charge in [-0.05, 0) is 29.0 Å². The minimum Gasteiger partial charge on any atom is -0.295 e. The lowest BCUT2D eigenvalue weighted by Crippen LogP contribution is -2.27. The zero-order chi connectivity index (χ0) is 16.7. The summed E-state index contributed by atoms with van der Waals surface area (Å²) in [4.78, 5) is 14.3. The van der Waals surface area contributed by atoms with Gasteiger partial charge in [-0.2, -0.15) is 0 Å². The van der Waals surface area contributed by atoms with Crippen LogP contribution in [0, 0.1) is 0 Å². The van der Waals surface area contributed by atoms with E-state index in [0.29, 0.717) is 15.8 Å². The molecule has 0 saturated carbocycles. The number of fused-ring (bicyclic) bond motifs is 1. The molecule has 3 aromatic rings. The molecule has 2 nitrogen and oxygen atoms in total. The van der Waals surface area contributed by atoms with Gasteiger partial charge in [-0.3, -0.25) is 9.69 Å². The maximum atomic E-state index is 12.5. The Morgan fingerprint density at radius 3 is 2.58 bits per heavy atom. The number of carbonyl (C=O) groups is 1. The number of amides is 1. The Hall–Kier alpha value is -1.68. The summed E-state index contributed by atoms with van der Waals surface area (Å²) in [7, 11) is 0. The Labute approximate surface area is 154 Å². The molecule has 1 aliphatic rings. The first kappa shape index (κ1) is 15.8. The second-order valence-corrected chi connectivity index (χ2v) is 7.46. The Morgan fingerprint density at radius 1 is 0.958 bits per heavy atom. The summed E-state index contributed by atoms with van der Waals surface area (Å²) in [6, 6.07) is 19.7. The second-order valence-electron chi connectivity index (χ2n) is 5.60. The number of anilines is 1. The number of hydrogen-bond acceptors (Lipinski definition) is 2. The number of nitrogens with zero attached hydrogens (tertiary/aromatic N) is 1. The maximum Gasteiger partial charge on any atom is 0.238 e.